The molecule has 0 spiro atoms. The van der Waals surface area contributed by atoms with Crippen molar-refractivity contribution in [2.75, 3.05) is 38.7 Å². The molecule has 2 aromatic rings. The second-order valence-electron chi connectivity index (χ2n) is 7.82. The molecule has 1 heterocycles. The molecule has 1 aliphatic heterocycles. The SMILES string of the molecule is CN(C)Cc1ccccc1CNC(=O)c1cccc(CN2CCS(=O)(=O)CC2)c1. The van der Waals surface area contributed by atoms with Gasteiger partial charge in [-0.25, -0.2) is 8.42 Å². The van der Waals surface area contributed by atoms with E-state index in [1.807, 2.05) is 56.6 Å². The summed E-state index contributed by atoms with van der Waals surface area (Å²) < 4.78 is 23.2. The normalized spacial score (nSPS) is 16.7. The smallest absolute Gasteiger partial charge is 0.251 e. The Bertz CT molecular complexity index is 943. The Balaban J connectivity index is 1.60. The van der Waals surface area contributed by atoms with Crippen LogP contribution in [0.5, 0.6) is 0 Å². The van der Waals surface area contributed by atoms with Gasteiger partial charge in [0.15, 0.2) is 9.84 Å². The first-order valence-corrected chi connectivity index (χ1v) is 11.7. The standard InChI is InChI=1S/C22H29N3O3S/c1-24(2)17-21-8-4-3-7-20(21)15-23-22(26)19-9-5-6-18(14-19)16-25-10-12-29(27,28)13-11-25/h3-9,14H,10-13,15-17H2,1-2H3,(H,23,26). The van der Waals surface area contributed by atoms with E-state index >= 15 is 0 Å². The summed E-state index contributed by atoms with van der Waals surface area (Å²) in [5, 5.41) is 3.02. The van der Waals surface area contributed by atoms with Crippen LogP contribution < -0.4 is 5.32 Å². The summed E-state index contributed by atoms with van der Waals surface area (Å²) in [6.07, 6.45) is 0. The highest BCUT2D eigenvalue weighted by Gasteiger charge is 2.21. The molecular weight excluding hydrogens is 386 g/mol. The van der Waals surface area contributed by atoms with Crippen LogP contribution in [0.15, 0.2) is 48.5 Å². The Morgan fingerprint density at radius 3 is 2.41 bits per heavy atom. The van der Waals surface area contributed by atoms with E-state index in [0.717, 1.165) is 17.7 Å². The lowest BCUT2D eigenvalue weighted by Gasteiger charge is -2.26. The van der Waals surface area contributed by atoms with Crippen LogP contribution in [-0.2, 0) is 29.5 Å². The summed E-state index contributed by atoms with van der Waals surface area (Å²) in [5.74, 6) is 0.312. The van der Waals surface area contributed by atoms with Crippen LogP contribution in [0.3, 0.4) is 0 Å². The van der Waals surface area contributed by atoms with E-state index < -0.39 is 9.84 Å². The molecule has 0 unspecified atom stereocenters. The maximum Gasteiger partial charge on any atom is 0.251 e. The van der Waals surface area contributed by atoms with Gasteiger partial charge in [0, 0.05) is 38.3 Å². The molecule has 0 aromatic heterocycles. The van der Waals surface area contributed by atoms with Crippen LogP contribution in [0.1, 0.15) is 27.0 Å². The monoisotopic (exact) mass is 415 g/mol. The second-order valence-corrected chi connectivity index (χ2v) is 10.1. The Labute approximate surface area is 173 Å². The van der Waals surface area contributed by atoms with Gasteiger partial charge in [-0.15, -0.1) is 0 Å². The zero-order valence-corrected chi connectivity index (χ0v) is 17.9. The van der Waals surface area contributed by atoms with Crippen LogP contribution >= 0.6 is 0 Å². The third kappa shape index (κ3) is 6.39. The van der Waals surface area contributed by atoms with Crippen molar-refractivity contribution in [1.82, 2.24) is 15.1 Å². The highest BCUT2D eigenvalue weighted by atomic mass is 32.2. The highest BCUT2D eigenvalue weighted by molar-refractivity contribution is 7.91. The van der Waals surface area contributed by atoms with Crippen molar-refractivity contribution >= 4 is 15.7 Å². The molecule has 0 atom stereocenters. The molecule has 6 nitrogen and oxygen atoms in total. The van der Waals surface area contributed by atoms with Crippen LogP contribution in [0, 0.1) is 0 Å². The average Bonchev–Trinajstić information content (AvgIpc) is 2.68. The number of hydrogen-bond donors (Lipinski definition) is 1. The van der Waals surface area contributed by atoms with Gasteiger partial charge in [-0.2, -0.15) is 0 Å². The van der Waals surface area contributed by atoms with Crippen LogP contribution in [0.4, 0.5) is 0 Å². The number of sulfone groups is 1. The highest BCUT2D eigenvalue weighted by Crippen LogP contribution is 2.13. The second kappa shape index (κ2) is 9.52. The third-order valence-electron chi connectivity index (χ3n) is 5.08. The van der Waals surface area contributed by atoms with Crippen molar-refractivity contribution < 1.29 is 13.2 Å². The van der Waals surface area contributed by atoms with E-state index in [2.05, 4.69) is 21.2 Å². The molecule has 2 aromatic carbocycles. The lowest BCUT2D eigenvalue weighted by atomic mass is 10.1. The molecule has 0 radical (unpaired) electrons. The first-order valence-electron chi connectivity index (χ1n) is 9.84. The van der Waals surface area contributed by atoms with Crippen LogP contribution in [-0.4, -0.2) is 62.8 Å². The van der Waals surface area contributed by atoms with E-state index in [1.54, 1.807) is 0 Å². The first kappa shape index (κ1) is 21.5. The Hall–Kier alpha value is -2.22. The average molecular weight is 416 g/mol. The van der Waals surface area contributed by atoms with Crippen molar-refractivity contribution in [2.24, 2.45) is 0 Å². The molecular formula is C22H29N3O3S. The lowest BCUT2D eigenvalue weighted by Crippen LogP contribution is -2.39. The van der Waals surface area contributed by atoms with E-state index in [4.69, 9.17) is 0 Å². The molecule has 29 heavy (non-hydrogen) atoms. The molecule has 1 N–H and O–H groups in total. The van der Waals surface area contributed by atoms with Gasteiger partial charge >= 0.3 is 0 Å². The fourth-order valence-electron chi connectivity index (χ4n) is 3.48. The summed E-state index contributed by atoms with van der Waals surface area (Å²) >= 11 is 0. The predicted octanol–water partition coefficient (Wildman–Crippen LogP) is 1.91. The number of carbonyl (C=O) groups excluding carboxylic acids is 1. The first-order chi connectivity index (χ1) is 13.8. The summed E-state index contributed by atoms with van der Waals surface area (Å²) in [6, 6.07) is 15.7. The third-order valence-corrected chi connectivity index (χ3v) is 6.69. The largest absolute Gasteiger partial charge is 0.348 e. The molecule has 1 amide bonds. The van der Waals surface area contributed by atoms with Gasteiger partial charge in [-0.3, -0.25) is 9.69 Å². The molecule has 7 heteroatoms. The molecule has 0 bridgehead atoms. The van der Waals surface area contributed by atoms with Crippen molar-refractivity contribution in [1.29, 1.82) is 0 Å². The number of hydrogen-bond acceptors (Lipinski definition) is 5. The zero-order valence-electron chi connectivity index (χ0n) is 17.1. The number of nitrogens with zero attached hydrogens (tertiary/aromatic N) is 2. The quantitative estimate of drug-likeness (QED) is 0.748. The zero-order chi connectivity index (χ0) is 20.9. The van der Waals surface area contributed by atoms with Crippen molar-refractivity contribution in [3.05, 3.63) is 70.8 Å². The molecule has 156 valence electrons. The maximum absolute atomic E-state index is 12.7. The Morgan fingerprint density at radius 2 is 1.72 bits per heavy atom. The maximum atomic E-state index is 12.7. The van der Waals surface area contributed by atoms with Gasteiger partial charge in [0.05, 0.1) is 11.5 Å². The number of benzene rings is 2. The van der Waals surface area contributed by atoms with Crippen molar-refractivity contribution in [2.45, 2.75) is 19.6 Å². The summed E-state index contributed by atoms with van der Waals surface area (Å²) in [7, 11) is 1.17. The van der Waals surface area contributed by atoms with E-state index in [0.29, 0.717) is 31.7 Å². The topological polar surface area (TPSA) is 69.7 Å². The van der Waals surface area contributed by atoms with Gasteiger partial charge < -0.3 is 10.2 Å². The number of rotatable bonds is 7. The number of nitrogens with one attached hydrogen (secondary N) is 1. The minimum Gasteiger partial charge on any atom is -0.348 e. The van der Waals surface area contributed by atoms with E-state index in [9.17, 15) is 13.2 Å². The van der Waals surface area contributed by atoms with Gasteiger partial charge in [0.2, 0.25) is 0 Å². The molecule has 3 rings (SSSR count). The fourth-order valence-corrected chi connectivity index (χ4v) is 4.76. The van der Waals surface area contributed by atoms with Crippen molar-refractivity contribution in [3.8, 4) is 0 Å². The number of carbonyl (C=O) groups is 1. The van der Waals surface area contributed by atoms with Gasteiger partial charge in [0.25, 0.3) is 5.91 Å². The molecule has 1 saturated heterocycles. The van der Waals surface area contributed by atoms with Crippen LogP contribution in [0.2, 0.25) is 0 Å². The Kier molecular flexibility index (Phi) is 7.05. The summed E-state index contributed by atoms with van der Waals surface area (Å²) in [5.41, 5.74) is 3.95. The predicted molar refractivity (Wildman–Crippen MR) is 115 cm³/mol. The number of amides is 1. The summed E-state index contributed by atoms with van der Waals surface area (Å²) in [6.45, 7) is 3.05. The molecule has 0 saturated carbocycles. The molecule has 0 aliphatic carbocycles. The minimum absolute atomic E-state index is 0.104. The van der Waals surface area contributed by atoms with Gasteiger partial charge in [0.1, 0.15) is 0 Å². The van der Waals surface area contributed by atoms with Gasteiger partial charge in [-0.1, -0.05) is 36.4 Å². The fraction of sp³-hybridized carbons (Fsp3) is 0.409. The minimum atomic E-state index is -2.88. The lowest BCUT2D eigenvalue weighted by molar-refractivity contribution is 0.0950. The summed E-state index contributed by atoms with van der Waals surface area (Å²) in [4.78, 5) is 16.9. The molecule has 1 aliphatic rings. The Morgan fingerprint density at radius 1 is 1.03 bits per heavy atom. The van der Waals surface area contributed by atoms with Crippen LogP contribution in [0.25, 0.3) is 0 Å². The molecule has 1 fully saturated rings. The van der Waals surface area contributed by atoms with Crippen molar-refractivity contribution in [3.63, 3.8) is 0 Å². The van der Waals surface area contributed by atoms with E-state index in [1.165, 1.54) is 5.56 Å². The van der Waals surface area contributed by atoms with Gasteiger partial charge in [-0.05, 0) is 42.9 Å². The van der Waals surface area contributed by atoms with E-state index in [-0.39, 0.29) is 17.4 Å².